The Morgan fingerprint density at radius 2 is 2.20 bits per heavy atom. The topological polar surface area (TPSA) is 50.3 Å². The maximum Gasteiger partial charge on any atom is 0.148 e. The molecule has 0 aliphatic carbocycles. The van der Waals surface area contributed by atoms with Crippen molar-refractivity contribution < 1.29 is 4.74 Å². The van der Waals surface area contributed by atoms with Crippen LogP contribution in [0.5, 0.6) is 0 Å². The number of anilines is 1. The molecular weight excluding hydrogens is 276 g/mol. The Morgan fingerprint density at radius 1 is 1.35 bits per heavy atom. The van der Waals surface area contributed by atoms with Gasteiger partial charge in [0.2, 0.25) is 0 Å². The third-order valence-corrected chi connectivity index (χ3v) is 4.41. The van der Waals surface area contributed by atoms with Crippen molar-refractivity contribution >= 4 is 17.4 Å². The van der Waals surface area contributed by atoms with Crippen LogP contribution < -0.4 is 5.32 Å². The number of likely N-dealkylation sites (tertiary alicyclic amines) is 1. The Hall–Kier alpha value is -0.910. The second-order valence-electron chi connectivity index (χ2n) is 5.67. The fourth-order valence-electron chi connectivity index (χ4n) is 2.96. The molecule has 1 atom stereocenters. The standard InChI is InChI=1S/C14H21ClN4O/c15-13-7-16-10-17-14(13)18-12-1-4-19(5-2-12)8-11-3-6-20-9-11/h7,10-12H,1-6,8-9H2,(H,16,17,18). The van der Waals surface area contributed by atoms with E-state index in [9.17, 15) is 0 Å². The molecule has 20 heavy (non-hydrogen) atoms. The summed E-state index contributed by atoms with van der Waals surface area (Å²) in [7, 11) is 0. The Balaban J connectivity index is 1.45. The summed E-state index contributed by atoms with van der Waals surface area (Å²) in [6.45, 7) is 5.33. The number of hydrogen-bond acceptors (Lipinski definition) is 5. The minimum atomic E-state index is 0.457. The molecule has 0 aromatic carbocycles. The van der Waals surface area contributed by atoms with Crippen LogP contribution in [-0.2, 0) is 4.74 Å². The average Bonchev–Trinajstić information content (AvgIpc) is 2.96. The number of aromatic nitrogens is 2. The van der Waals surface area contributed by atoms with E-state index in [2.05, 4.69) is 20.2 Å². The van der Waals surface area contributed by atoms with Crippen LogP contribution in [0.2, 0.25) is 5.02 Å². The highest BCUT2D eigenvalue weighted by Crippen LogP contribution is 2.22. The first-order chi connectivity index (χ1) is 9.81. The molecule has 1 N–H and O–H groups in total. The van der Waals surface area contributed by atoms with Gasteiger partial charge in [-0.15, -0.1) is 0 Å². The van der Waals surface area contributed by atoms with E-state index in [-0.39, 0.29) is 0 Å². The summed E-state index contributed by atoms with van der Waals surface area (Å²) in [4.78, 5) is 10.6. The highest BCUT2D eigenvalue weighted by Gasteiger charge is 2.24. The van der Waals surface area contributed by atoms with Gasteiger partial charge in [0, 0.05) is 32.3 Å². The molecule has 6 heteroatoms. The van der Waals surface area contributed by atoms with Gasteiger partial charge < -0.3 is 15.0 Å². The van der Waals surface area contributed by atoms with Crippen LogP contribution in [0.25, 0.3) is 0 Å². The summed E-state index contributed by atoms with van der Waals surface area (Å²) in [5.41, 5.74) is 0. The zero-order valence-electron chi connectivity index (χ0n) is 11.6. The number of piperidine rings is 1. The summed E-state index contributed by atoms with van der Waals surface area (Å²) in [6, 6.07) is 0.457. The van der Waals surface area contributed by atoms with Crippen LogP contribution >= 0.6 is 11.6 Å². The minimum absolute atomic E-state index is 0.457. The summed E-state index contributed by atoms with van der Waals surface area (Å²) in [5, 5.41) is 4.02. The highest BCUT2D eigenvalue weighted by atomic mass is 35.5. The molecule has 5 nitrogen and oxygen atoms in total. The molecule has 0 radical (unpaired) electrons. The first-order valence-corrected chi connectivity index (χ1v) is 7.71. The molecule has 2 fully saturated rings. The molecule has 0 bridgehead atoms. The Morgan fingerprint density at radius 3 is 2.90 bits per heavy atom. The zero-order valence-corrected chi connectivity index (χ0v) is 12.4. The first kappa shape index (κ1) is 14.0. The molecule has 0 spiro atoms. The van der Waals surface area contributed by atoms with Crippen molar-refractivity contribution in [3.63, 3.8) is 0 Å². The van der Waals surface area contributed by atoms with Gasteiger partial charge in [-0.05, 0) is 25.2 Å². The fourth-order valence-corrected chi connectivity index (χ4v) is 3.12. The van der Waals surface area contributed by atoms with Crippen LogP contribution in [0.1, 0.15) is 19.3 Å². The Bertz CT molecular complexity index is 431. The highest BCUT2D eigenvalue weighted by molar-refractivity contribution is 6.32. The molecule has 0 saturated carbocycles. The third kappa shape index (κ3) is 3.59. The lowest BCUT2D eigenvalue weighted by Crippen LogP contribution is -2.41. The second-order valence-corrected chi connectivity index (χ2v) is 6.08. The van der Waals surface area contributed by atoms with Gasteiger partial charge in [-0.1, -0.05) is 11.6 Å². The van der Waals surface area contributed by atoms with E-state index in [0.717, 1.165) is 50.9 Å². The first-order valence-electron chi connectivity index (χ1n) is 7.33. The number of rotatable bonds is 4. The quantitative estimate of drug-likeness (QED) is 0.921. The average molecular weight is 297 g/mol. The van der Waals surface area contributed by atoms with Crippen molar-refractivity contribution in [2.75, 3.05) is 38.2 Å². The number of hydrogen-bond donors (Lipinski definition) is 1. The van der Waals surface area contributed by atoms with Crippen molar-refractivity contribution in [2.45, 2.75) is 25.3 Å². The van der Waals surface area contributed by atoms with E-state index >= 15 is 0 Å². The fraction of sp³-hybridized carbons (Fsp3) is 0.714. The Labute approximate surface area is 124 Å². The molecule has 1 aromatic rings. The minimum Gasteiger partial charge on any atom is -0.381 e. The molecule has 2 aliphatic rings. The molecule has 1 aromatic heterocycles. The summed E-state index contributed by atoms with van der Waals surface area (Å²) in [5.74, 6) is 1.49. The smallest absolute Gasteiger partial charge is 0.148 e. The van der Waals surface area contributed by atoms with E-state index < -0.39 is 0 Å². The molecule has 1 unspecified atom stereocenters. The molecule has 110 valence electrons. The third-order valence-electron chi connectivity index (χ3n) is 4.14. The van der Waals surface area contributed by atoms with Gasteiger partial charge >= 0.3 is 0 Å². The van der Waals surface area contributed by atoms with Crippen molar-refractivity contribution in [3.8, 4) is 0 Å². The SMILES string of the molecule is Clc1cncnc1NC1CCN(CC2CCOC2)CC1. The monoisotopic (exact) mass is 296 g/mol. The lowest BCUT2D eigenvalue weighted by Gasteiger charge is -2.33. The van der Waals surface area contributed by atoms with Gasteiger partial charge in [-0.2, -0.15) is 0 Å². The molecule has 2 aliphatic heterocycles. The van der Waals surface area contributed by atoms with E-state index in [1.54, 1.807) is 6.20 Å². The number of ether oxygens (including phenoxy) is 1. The maximum atomic E-state index is 6.07. The number of nitrogens with one attached hydrogen (secondary N) is 1. The Kier molecular flexibility index (Phi) is 4.70. The van der Waals surface area contributed by atoms with Gasteiger partial charge in [0.25, 0.3) is 0 Å². The van der Waals surface area contributed by atoms with Crippen molar-refractivity contribution in [1.29, 1.82) is 0 Å². The predicted octanol–water partition coefficient (Wildman–Crippen LogP) is 2.04. The van der Waals surface area contributed by atoms with Crippen molar-refractivity contribution in [3.05, 3.63) is 17.5 Å². The van der Waals surface area contributed by atoms with Crippen LogP contribution in [0.4, 0.5) is 5.82 Å². The summed E-state index contributed by atoms with van der Waals surface area (Å²) in [6.07, 6.45) is 6.64. The van der Waals surface area contributed by atoms with Gasteiger partial charge in [-0.25, -0.2) is 9.97 Å². The van der Waals surface area contributed by atoms with Gasteiger partial charge in [0.1, 0.15) is 17.2 Å². The van der Waals surface area contributed by atoms with Crippen LogP contribution in [-0.4, -0.2) is 53.8 Å². The predicted molar refractivity (Wildman–Crippen MR) is 79.1 cm³/mol. The molecule has 2 saturated heterocycles. The van der Waals surface area contributed by atoms with Gasteiger partial charge in [0.05, 0.1) is 12.8 Å². The van der Waals surface area contributed by atoms with E-state index in [1.807, 2.05) is 0 Å². The van der Waals surface area contributed by atoms with Crippen molar-refractivity contribution in [1.82, 2.24) is 14.9 Å². The zero-order chi connectivity index (χ0) is 13.8. The van der Waals surface area contributed by atoms with Gasteiger partial charge in [-0.3, -0.25) is 0 Å². The van der Waals surface area contributed by atoms with E-state index in [0.29, 0.717) is 11.1 Å². The van der Waals surface area contributed by atoms with Crippen LogP contribution in [0.15, 0.2) is 12.5 Å². The summed E-state index contributed by atoms with van der Waals surface area (Å²) < 4.78 is 5.44. The number of halogens is 1. The van der Waals surface area contributed by atoms with E-state index in [4.69, 9.17) is 16.3 Å². The second kappa shape index (κ2) is 6.70. The maximum absolute atomic E-state index is 6.07. The lowest BCUT2D eigenvalue weighted by atomic mass is 10.0. The normalized spacial score (nSPS) is 24.9. The molecule has 3 heterocycles. The largest absolute Gasteiger partial charge is 0.381 e. The van der Waals surface area contributed by atoms with Gasteiger partial charge in [0.15, 0.2) is 0 Å². The van der Waals surface area contributed by atoms with Crippen LogP contribution in [0.3, 0.4) is 0 Å². The number of nitrogens with zero attached hydrogens (tertiary/aromatic N) is 3. The molecule has 3 rings (SSSR count). The van der Waals surface area contributed by atoms with E-state index in [1.165, 1.54) is 19.3 Å². The van der Waals surface area contributed by atoms with Crippen LogP contribution in [0, 0.1) is 5.92 Å². The van der Waals surface area contributed by atoms with Crippen molar-refractivity contribution in [2.24, 2.45) is 5.92 Å². The molecular formula is C14H21ClN4O. The lowest BCUT2D eigenvalue weighted by molar-refractivity contribution is 0.154. The molecule has 0 amide bonds. The summed E-state index contributed by atoms with van der Waals surface area (Å²) >= 11 is 6.07.